The van der Waals surface area contributed by atoms with Crippen LogP contribution in [0.1, 0.15) is 30.5 Å². The lowest BCUT2D eigenvalue weighted by molar-refractivity contribution is -0.140. The zero-order valence-electron chi connectivity index (χ0n) is 19.2. The summed E-state index contributed by atoms with van der Waals surface area (Å²) in [5.74, 6) is -0.858. The molecule has 1 unspecified atom stereocenters. The Bertz CT molecular complexity index is 1060. The first kappa shape index (κ1) is 24.4. The second kappa shape index (κ2) is 11.2. The number of nitrogens with zero attached hydrogens (tertiary/aromatic N) is 2. The molecule has 0 bridgehead atoms. The Morgan fingerprint density at radius 2 is 1.85 bits per heavy atom. The summed E-state index contributed by atoms with van der Waals surface area (Å²) >= 11 is 3.44. The number of morpholine rings is 1. The average molecular weight is 529 g/mol. The van der Waals surface area contributed by atoms with Crippen LogP contribution in [0.5, 0.6) is 5.75 Å². The predicted octanol–water partition coefficient (Wildman–Crippen LogP) is 3.99. The van der Waals surface area contributed by atoms with Crippen LogP contribution in [-0.4, -0.2) is 72.6 Å². The van der Waals surface area contributed by atoms with Gasteiger partial charge in [0.05, 0.1) is 31.4 Å². The predicted molar refractivity (Wildman–Crippen MR) is 133 cm³/mol. The number of carbonyl (C=O) groups excluding carboxylic acids is 2. The van der Waals surface area contributed by atoms with Gasteiger partial charge in [-0.25, -0.2) is 0 Å². The first-order valence-corrected chi connectivity index (χ1v) is 12.4. The molecule has 7 nitrogen and oxygen atoms in total. The van der Waals surface area contributed by atoms with Crippen molar-refractivity contribution in [1.29, 1.82) is 0 Å². The number of aliphatic hydroxyl groups is 1. The van der Waals surface area contributed by atoms with E-state index >= 15 is 0 Å². The Labute approximate surface area is 208 Å². The van der Waals surface area contributed by atoms with Crippen molar-refractivity contribution in [3.63, 3.8) is 0 Å². The third-order valence-corrected chi connectivity index (χ3v) is 6.60. The number of benzene rings is 2. The molecular weight excluding hydrogens is 500 g/mol. The lowest BCUT2D eigenvalue weighted by Gasteiger charge is -2.31. The molecule has 2 saturated heterocycles. The maximum atomic E-state index is 13.2. The molecule has 1 atom stereocenters. The van der Waals surface area contributed by atoms with Gasteiger partial charge in [0, 0.05) is 36.2 Å². The van der Waals surface area contributed by atoms with Crippen LogP contribution in [0.3, 0.4) is 0 Å². The molecule has 1 N–H and O–H groups in total. The second-order valence-corrected chi connectivity index (χ2v) is 9.29. The van der Waals surface area contributed by atoms with Gasteiger partial charge in [0.25, 0.3) is 11.7 Å². The summed E-state index contributed by atoms with van der Waals surface area (Å²) in [5, 5.41) is 11.3. The molecule has 0 aromatic heterocycles. The van der Waals surface area contributed by atoms with Crippen LogP contribution in [-0.2, 0) is 14.3 Å². The molecule has 2 aromatic rings. The Morgan fingerprint density at radius 3 is 2.56 bits per heavy atom. The largest absolute Gasteiger partial charge is 0.507 e. The number of ketones is 1. The van der Waals surface area contributed by atoms with Gasteiger partial charge < -0.3 is 19.5 Å². The molecule has 1 amide bonds. The fourth-order valence-electron chi connectivity index (χ4n) is 4.28. The minimum atomic E-state index is -0.674. The fraction of sp³-hybridized carbons (Fsp3) is 0.385. The van der Waals surface area contributed by atoms with Crippen molar-refractivity contribution in [2.24, 2.45) is 0 Å². The monoisotopic (exact) mass is 528 g/mol. The van der Waals surface area contributed by atoms with Crippen molar-refractivity contribution in [3.8, 4) is 5.75 Å². The molecule has 34 heavy (non-hydrogen) atoms. The average Bonchev–Trinajstić information content (AvgIpc) is 3.12. The maximum absolute atomic E-state index is 13.2. The molecule has 8 heteroatoms. The molecule has 2 fully saturated rings. The van der Waals surface area contributed by atoms with Crippen molar-refractivity contribution in [1.82, 2.24) is 9.80 Å². The summed E-state index contributed by atoms with van der Waals surface area (Å²) in [6, 6.07) is 13.8. The minimum absolute atomic E-state index is 0.0990. The molecule has 0 radical (unpaired) electrons. The molecule has 180 valence electrons. The van der Waals surface area contributed by atoms with Gasteiger partial charge in [0.1, 0.15) is 11.5 Å². The lowest BCUT2D eigenvalue weighted by atomic mass is 9.95. The van der Waals surface area contributed by atoms with Crippen molar-refractivity contribution in [3.05, 3.63) is 69.7 Å². The molecule has 2 aromatic carbocycles. The van der Waals surface area contributed by atoms with Gasteiger partial charge in [-0.15, -0.1) is 0 Å². The number of halogens is 1. The van der Waals surface area contributed by atoms with Crippen LogP contribution >= 0.6 is 15.9 Å². The molecule has 2 aliphatic heterocycles. The Hall–Kier alpha value is -2.68. The molecule has 2 aliphatic rings. The summed E-state index contributed by atoms with van der Waals surface area (Å²) < 4.78 is 12.0. The van der Waals surface area contributed by atoms with Crippen molar-refractivity contribution >= 4 is 33.4 Å². The number of ether oxygens (including phenoxy) is 2. The maximum Gasteiger partial charge on any atom is 0.295 e. The van der Waals surface area contributed by atoms with E-state index in [4.69, 9.17) is 9.47 Å². The Balaban J connectivity index is 1.71. The van der Waals surface area contributed by atoms with Crippen molar-refractivity contribution in [2.75, 3.05) is 46.0 Å². The smallest absolute Gasteiger partial charge is 0.295 e. The summed E-state index contributed by atoms with van der Waals surface area (Å²) in [5.41, 5.74) is 1.31. The van der Waals surface area contributed by atoms with Crippen LogP contribution in [0, 0.1) is 0 Å². The Morgan fingerprint density at radius 1 is 1.12 bits per heavy atom. The highest BCUT2D eigenvalue weighted by Gasteiger charge is 2.46. The van der Waals surface area contributed by atoms with E-state index in [-0.39, 0.29) is 11.3 Å². The Kier molecular flexibility index (Phi) is 8.03. The number of aliphatic hydroxyl groups excluding tert-OH is 1. The minimum Gasteiger partial charge on any atom is -0.507 e. The number of Topliss-reactive ketones (excluding diaryl/α,β-unsaturated/α-hetero) is 1. The van der Waals surface area contributed by atoms with Gasteiger partial charge in [0.2, 0.25) is 0 Å². The number of hydrogen-bond acceptors (Lipinski definition) is 6. The zero-order valence-corrected chi connectivity index (χ0v) is 20.8. The van der Waals surface area contributed by atoms with Crippen LogP contribution in [0.25, 0.3) is 5.76 Å². The summed E-state index contributed by atoms with van der Waals surface area (Å²) in [6.07, 6.45) is 0.855. The van der Waals surface area contributed by atoms with E-state index in [9.17, 15) is 14.7 Å². The van der Waals surface area contributed by atoms with Crippen molar-refractivity contribution in [2.45, 2.75) is 19.4 Å². The zero-order chi connectivity index (χ0) is 24.1. The molecular formula is C26H29BrN2O5. The van der Waals surface area contributed by atoms with E-state index < -0.39 is 17.7 Å². The van der Waals surface area contributed by atoms with Gasteiger partial charge in [-0.05, 0) is 36.2 Å². The third kappa shape index (κ3) is 5.35. The molecule has 2 heterocycles. The third-order valence-electron chi connectivity index (χ3n) is 6.07. The van der Waals surface area contributed by atoms with Gasteiger partial charge >= 0.3 is 0 Å². The SMILES string of the molecule is CCCOc1cccc(C(O)=C2C(=O)C(=O)N(CCN3CCOCC3)C2c2ccc(Br)cc2)c1. The second-order valence-electron chi connectivity index (χ2n) is 8.37. The van der Waals surface area contributed by atoms with Crippen LogP contribution < -0.4 is 4.74 Å². The number of amides is 1. The number of likely N-dealkylation sites (tertiary alicyclic amines) is 1. The highest BCUT2D eigenvalue weighted by molar-refractivity contribution is 9.10. The lowest BCUT2D eigenvalue weighted by Crippen LogP contribution is -2.42. The molecule has 0 saturated carbocycles. The summed E-state index contributed by atoms with van der Waals surface area (Å²) in [4.78, 5) is 30.1. The van der Waals surface area contributed by atoms with Crippen LogP contribution in [0.2, 0.25) is 0 Å². The highest BCUT2D eigenvalue weighted by atomic mass is 79.9. The van der Waals surface area contributed by atoms with Crippen LogP contribution in [0.15, 0.2) is 58.6 Å². The normalized spacial score (nSPS) is 20.6. The molecule has 0 aliphatic carbocycles. The fourth-order valence-corrected chi connectivity index (χ4v) is 4.55. The van der Waals surface area contributed by atoms with E-state index in [0.717, 1.165) is 29.5 Å². The van der Waals surface area contributed by atoms with E-state index in [1.54, 1.807) is 29.2 Å². The quantitative estimate of drug-likeness (QED) is 0.317. The molecule has 0 spiro atoms. The van der Waals surface area contributed by atoms with E-state index in [2.05, 4.69) is 20.8 Å². The van der Waals surface area contributed by atoms with E-state index in [1.807, 2.05) is 31.2 Å². The van der Waals surface area contributed by atoms with Crippen molar-refractivity contribution < 1.29 is 24.2 Å². The van der Waals surface area contributed by atoms with Gasteiger partial charge in [-0.2, -0.15) is 0 Å². The van der Waals surface area contributed by atoms with E-state index in [0.29, 0.717) is 44.2 Å². The number of rotatable bonds is 8. The number of carbonyl (C=O) groups is 2. The number of hydrogen-bond donors (Lipinski definition) is 1. The molecule has 4 rings (SSSR count). The summed E-state index contributed by atoms with van der Waals surface area (Å²) in [7, 11) is 0. The van der Waals surface area contributed by atoms with Gasteiger partial charge in [-0.3, -0.25) is 14.5 Å². The van der Waals surface area contributed by atoms with Gasteiger partial charge in [0.15, 0.2) is 0 Å². The summed E-state index contributed by atoms with van der Waals surface area (Å²) in [6.45, 7) is 6.46. The van der Waals surface area contributed by atoms with E-state index in [1.165, 1.54) is 0 Å². The topological polar surface area (TPSA) is 79.3 Å². The standard InChI is InChI=1S/C26H29BrN2O5/c1-2-14-34-21-5-3-4-19(17-21)24(30)22-23(18-6-8-20(27)9-7-18)29(26(32)25(22)31)11-10-28-12-15-33-16-13-28/h3-9,17,23,30H,2,10-16H2,1H3. The van der Waals surface area contributed by atoms with Gasteiger partial charge in [-0.1, -0.05) is 47.1 Å². The van der Waals surface area contributed by atoms with Crippen LogP contribution in [0.4, 0.5) is 0 Å². The first-order chi connectivity index (χ1) is 16.5. The first-order valence-electron chi connectivity index (χ1n) is 11.6. The highest BCUT2D eigenvalue weighted by Crippen LogP contribution is 2.40.